The fraction of sp³-hybridized carbons (Fsp3) is 0.167. The second-order valence-corrected chi connectivity index (χ2v) is 6.80. The first-order valence-electron chi connectivity index (χ1n) is 7.45. The van der Waals surface area contributed by atoms with E-state index in [4.69, 9.17) is 13.9 Å². The zero-order valence-electron chi connectivity index (χ0n) is 13.9. The Balaban J connectivity index is 2.16. The highest BCUT2D eigenvalue weighted by Gasteiger charge is 2.24. The summed E-state index contributed by atoms with van der Waals surface area (Å²) in [5, 5.41) is 5.31. The third kappa shape index (κ3) is 3.39. The van der Waals surface area contributed by atoms with Gasteiger partial charge in [-0.05, 0) is 50.9 Å². The number of hydrogen-bond donors (Lipinski definition) is 1. The van der Waals surface area contributed by atoms with Crippen molar-refractivity contribution in [2.75, 3.05) is 19.6 Å². The minimum atomic E-state index is 0.599. The summed E-state index contributed by atoms with van der Waals surface area (Å²) in [6.07, 6.45) is 0. The van der Waals surface area contributed by atoms with Gasteiger partial charge in [-0.25, -0.2) is 0 Å². The van der Waals surface area contributed by atoms with E-state index in [-0.39, 0.29) is 0 Å². The molecule has 5 nitrogen and oxygen atoms in total. The highest BCUT2D eigenvalue weighted by atomic mass is 79.9. The number of nitrogens with one attached hydrogen (secondary N) is 1. The SMILES string of the molecule is COc1c(/C(C)=N\Nc2ccccc2)c(OC)c2cc(Br)oc2c1Br. The van der Waals surface area contributed by atoms with Crippen LogP contribution < -0.4 is 14.9 Å². The fourth-order valence-electron chi connectivity index (χ4n) is 2.59. The first kappa shape index (κ1) is 17.8. The highest BCUT2D eigenvalue weighted by Crippen LogP contribution is 2.46. The predicted octanol–water partition coefficient (Wildman–Crippen LogP) is 5.81. The lowest BCUT2D eigenvalue weighted by molar-refractivity contribution is 0.393. The van der Waals surface area contributed by atoms with Gasteiger partial charge in [-0.3, -0.25) is 5.43 Å². The van der Waals surface area contributed by atoms with Gasteiger partial charge in [0, 0.05) is 6.07 Å². The first-order valence-corrected chi connectivity index (χ1v) is 9.03. The molecule has 1 N–H and O–H groups in total. The molecule has 0 aliphatic rings. The van der Waals surface area contributed by atoms with Crippen molar-refractivity contribution in [2.45, 2.75) is 6.92 Å². The standard InChI is InChI=1S/C18H16Br2N2O3/c1-10(21-22-11-7-5-4-6-8-11)14-16(23-2)12-9-13(19)25-17(12)15(20)18(14)24-3/h4-9,22H,1-3H3/b21-10-. The summed E-state index contributed by atoms with van der Waals surface area (Å²) >= 11 is 6.93. The van der Waals surface area contributed by atoms with Crippen LogP contribution in [0.1, 0.15) is 12.5 Å². The molecule has 0 saturated heterocycles. The second kappa shape index (κ2) is 7.49. The number of nitrogens with zero attached hydrogens (tertiary/aromatic N) is 1. The number of methoxy groups -OCH3 is 2. The van der Waals surface area contributed by atoms with Crippen LogP contribution in [0.15, 0.2) is 55.1 Å². The number of rotatable bonds is 5. The lowest BCUT2D eigenvalue weighted by Crippen LogP contribution is -2.06. The van der Waals surface area contributed by atoms with Gasteiger partial charge in [0.15, 0.2) is 10.3 Å². The molecule has 1 heterocycles. The van der Waals surface area contributed by atoms with Crippen LogP contribution in [0.3, 0.4) is 0 Å². The Morgan fingerprint density at radius 1 is 1.08 bits per heavy atom. The molecule has 0 bridgehead atoms. The van der Waals surface area contributed by atoms with Crippen molar-refractivity contribution in [1.29, 1.82) is 0 Å². The Morgan fingerprint density at radius 2 is 1.76 bits per heavy atom. The summed E-state index contributed by atoms with van der Waals surface area (Å²) in [5.74, 6) is 1.24. The molecule has 0 atom stereocenters. The maximum Gasteiger partial charge on any atom is 0.170 e. The van der Waals surface area contributed by atoms with Crippen LogP contribution in [0, 0.1) is 0 Å². The van der Waals surface area contributed by atoms with E-state index in [1.54, 1.807) is 14.2 Å². The van der Waals surface area contributed by atoms with Crippen molar-refractivity contribution in [3.63, 3.8) is 0 Å². The van der Waals surface area contributed by atoms with Gasteiger partial charge in [-0.1, -0.05) is 18.2 Å². The van der Waals surface area contributed by atoms with Crippen molar-refractivity contribution in [3.05, 3.63) is 51.1 Å². The van der Waals surface area contributed by atoms with E-state index in [2.05, 4.69) is 42.4 Å². The normalized spacial score (nSPS) is 11.6. The third-order valence-electron chi connectivity index (χ3n) is 3.70. The Morgan fingerprint density at radius 3 is 2.40 bits per heavy atom. The van der Waals surface area contributed by atoms with Crippen LogP contribution in [0.25, 0.3) is 11.0 Å². The molecule has 1 aromatic heterocycles. The summed E-state index contributed by atoms with van der Waals surface area (Å²) in [4.78, 5) is 0. The number of ether oxygens (including phenoxy) is 2. The lowest BCUT2D eigenvalue weighted by atomic mass is 10.1. The summed E-state index contributed by atoms with van der Waals surface area (Å²) in [6.45, 7) is 1.89. The van der Waals surface area contributed by atoms with Gasteiger partial charge in [0.25, 0.3) is 0 Å². The maximum absolute atomic E-state index is 5.70. The van der Waals surface area contributed by atoms with Gasteiger partial charge in [0.1, 0.15) is 16.0 Å². The molecule has 25 heavy (non-hydrogen) atoms. The fourth-order valence-corrected chi connectivity index (χ4v) is 3.64. The number of halogens is 2. The lowest BCUT2D eigenvalue weighted by Gasteiger charge is -2.16. The van der Waals surface area contributed by atoms with E-state index in [9.17, 15) is 0 Å². The van der Waals surface area contributed by atoms with Crippen molar-refractivity contribution < 1.29 is 13.9 Å². The minimum absolute atomic E-state index is 0.599. The van der Waals surface area contributed by atoms with Crippen molar-refractivity contribution in [2.24, 2.45) is 5.10 Å². The highest BCUT2D eigenvalue weighted by molar-refractivity contribution is 9.11. The molecule has 2 aromatic carbocycles. The van der Waals surface area contributed by atoms with Gasteiger partial charge in [-0.15, -0.1) is 0 Å². The number of hydrogen-bond acceptors (Lipinski definition) is 5. The number of para-hydroxylation sites is 1. The average molecular weight is 468 g/mol. The first-order chi connectivity index (χ1) is 12.1. The monoisotopic (exact) mass is 466 g/mol. The molecule has 3 rings (SSSR count). The summed E-state index contributed by atoms with van der Waals surface area (Å²) < 4.78 is 18.3. The van der Waals surface area contributed by atoms with Crippen LogP contribution in [-0.4, -0.2) is 19.9 Å². The third-order valence-corrected chi connectivity index (χ3v) is 4.81. The molecular weight excluding hydrogens is 452 g/mol. The number of benzene rings is 2. The Bertz CT molecular complexity index is 937. The molecule has 0 aliphatic carbocycles. The van der Waals surface area contributed by atoms with Crippen LogP contribution in [0.2, 0.25) is 0 Å². The molecule has 3 aromatic rings. The predicted molar refractivity (Wildman–Crippen MR) is 107 cm³/mol. The number of furan rings is 1. The van der Waals surface area contributed by atoms with E-state index >= 15 is 0 Å². The van der Waals surface area contributed by atoms with Gasteiger partial charge < -0.3 is 13.9 Å². The van der Waals surface area contributed by atoms with E-state index in [1.807, 2.05) is 43.3 Å². The van der Waals surface area contributed by atoms with Crippen molar-refractivity contribution >= 4 is 54.2 Å². The van der Waals surface area contributed by atoms with Crippen LogP contribution in [0.4, 0.5) is 5.69 Å². The molecule has 0 saturated carbocycles. The van der Waals surface area contributed by atoms with Crippen LogP contribution >= 0.6 is 31.9 Å². The molecule has 0 aliphatic heterocycles. The molecule has 0 radical (unpaired) electrons. The Kier molecular flexibility index (Phi) is 5.34. The average Bonchev–Trinajstić information content (AvgIpc) is 3.02. The smallest absolute Gasteiger partial charge is 0.170 e. The Labute approximate surface area is 162 Å². The molecule has 0 fully saturated rings. The van der Waals surface area contributed by atoms with Gasteiger partial charge >= 0.3 is 0 Å². The summed E-state index contributed by atoms with van der Waals surface area (Å²) in [6, 6.07) is 11.6. The van der Waals surface area contributed by atoms with E-state index in [0.29, 0.717) is 26.2 Å². The topological polar surface area (TPSA) is 56.0 Å². The van der Waals surface area contributed by atoms with Gasteiger partial charge in [0.2, 0.25) is 0 Å². The number of hydrazone groups is 1. The molecule has 0 amide bonds. The minimum Gasteiger partial charge on any atom is -0.495 e. The van der Waals surface area contributed by atoms with Gasteiger partial charge in [0.05, 0.1) is 36.6 Å². The van der Waals surface area contributed by atoms with Crippen molar-refractivity contribution in [3.8, 4) is 11.5 Å². The van der Waals surface area contributed by atoms with Crippen LogP contribution in [0.5, 0.6) is 11.5 Å². The molecule has 0 spiro atoms. The molecular formula is C18H16Br2N2O3. The Hall–Kier alpha value is -1.99. The van der Waals surface area contributed by atoms with Crippen molar-refractivity contribution in [1.82, 2.24) is 0 Å². The number of fused-ring (bicyclic) bond motifs is 1. The van der Waals surface area contributed by atoms with E-state index < -0.39 is 0 Å². The second-order valence-electron chi connectivity index (χ2n) is 5.22. The summed E-state index contributed by atoms with van der Waals surface area (Å²) in [7, 11) is 3.22. The summed E-state index contributed by atoms with van der Waals surface area (Å²) in [5.41, 5.74) is 6.06. The van der Waals surface area contributed by atoms with E-state index in [0.717, 1.165) is 22.3 Å². The zero-order chi connectivity index (χ0) is 18.0. The maximum atomic E-state index is 5.70. The van der Waals surface area contributed by atoms with E-state index in [1.165, 1.54) is 0 Å². The molecule has 130 valence electrons. The quantitative estimate of drug-likeness (QED) is 0.380. The van der Waals surface area contributed by atoms with Crippen LogP contribution in [-0.2, 0) is 0 Å². The molecule has 7 heteroatoms. The largest absolute Gasteiger partial charge is 0.495 e. The van der Waals surface area contributed by atoms with Gasteiger partial charge in [-0.2, -0.15) is 5.10 Å². The molecule has 0 unspecified atom stereocenters. The zero-order valence-corrected chi connectivity index (χ0v) is 17.1. The number of anilines is 1.